The molecular formula is C34H38N4O5. The maximum Gasteiger partial charge on any atom is 0.308 e. The summed E-state index contributed by atoms with van der Waals surface area (Å²) in [5, 5.41) is 10.6. The molecule has 1 aromatic heterocycles. The lowest BCUT2D eigenvalue weighted by Gasteiger charge is -2.31. The van der Waals surface area contributed by atoms with Crippen molar-refractivity contribution in [3.8, 4) is 5.75 Å². The van der Waals surface area contributed by atoms with E-state index in [1.165, 1.54) is 0 Å². The zero-order valence-electron chi connectivity index (χ0n) is 24.5. The lowest BCUT2D eigenvalue weighted by Crippen LogP contribution is -2.46. The normalized spacial score (nSPS) is 21.0. The number of benzene rings is 2. The lowest BCUT2D eigenvalue weighted by atomic mass is 9.83. The highest BCUT2D eigenvalue weighted by atomic mass is 16.5. The Balaban J connectivity index is 1.30. The van der Waals surface area contributed by atoms with Gasteiger partial charge < -0.3 is 19.6 Å². The molecule has 1 unspecified atom stereocenters. The number of ether oxygens (including phenoxy) is 1. The number of carbonyl (C=O) groups excluding carboxylic acids is 2. The lowest BCUT2D eigenvalue weighted by molar-refractivity contribution is -0.143. The summed E-state index contributed by atoms with van der Waals surface area (Å²) >= 11 is 0. The van der Waals surface area contributed by atoms with Crippen LogP contribution in [0.2, 0.25) is 0 Å². The number of rotatable bonds is 11. The van der Waals surface area contributed by atoms with E-state index < -0.39 is 17.9 Å². The molecule has 4 heterocycles. The van der Waals surface area contributed by atoms with E-state index >= 15 is 0 Å². The van der Waals surface area contributed by atoms with Crippen molar-refractivity contribution in [3.63, 3.8) is 0 Å². The van der Waals surface area contributed by atoms with Gasteiger partial charge in [0.05, 0.1) is 37.4 Å². The number of anilines is 2. The summed E-state index contributed by atoms with van der Waals surface area (Å²) in [5.41, 5.74) is 4.66. The number of pyridine rings is 1. The van der Waals surface area contributed by atoms with E-state index in [-0.39, 0.29) is 24.3 Å². The van der Waals surface area contributed by atoms with E-state index in [4.69, 9.17) is 4.74 Å². The van der Waals surface area contributed by atoms with Crippen molar-refractivity contribution in [2.24, 2.45) is 5.92 Å². The number of carboxylic acids is 1. The Bertz CT molecular complexity index is 1500. The van der Waals surface area contributed by atoms with Crippen LogP contribution in [0.4, 0.5) is 11.4 Å². The van der Waals surface area contributed by atoms with E-state index in [9.17, 15) is 19.5 Å². The van der Waals surface area contributed by atoms with Crippen LogP contribution in [0.5, 0.6) is 5.75 Å². The van der Waals surface area contributed by atoms with Crippen LogP contribution in [0, 0.1) is 5.92 Å². The van der Waals surface area contributed by atoms with Crippen molar-refractivity contribution in [3.05, 3.63) is 83.7 Å². The van der Waals surface area contributed by atoms with Gasteiger partial charge in [0.2, 0.25) is 11.8 Å². The number of aliphatic carboxylic acids is 1. The van der Waals surface area contributed by atoms with Gasteiger partial charge in [0, 0.05) is 49.9 Å². The Morgan fingerprint density at radius 1 is 1.12 bits per heavy atom. The highest BCUT2D eigenvalue weighted by molar-refractivity contribution is 6.01. The molecule has 3 atom stereocenters. The van der Waals surface area contributed by atoms with Crippen LogP contribution in [0.3, 0.4) is 0 Å². The number of carboxylic acid groups (broad SMARTS) is 1. The number of hydrogen-bond acceptors (Lipinski definition) is 6. The van der Waals surface area contributed by atoms with Gasteiger partial charge in [-0.2, -0.15) is 0 Å². The van der Waals surface area contributed by atoms with E-state index in [2.05, 4.69) is 18.0 Å². The topological polar surface area (TPSA) is 103 Å². The molecule has 0 spiro atoms. The number of para-hydroxylation sites is 1. The molecule has 2 amide bonds. The summed E-state index contributed by atoms with van der Waals surface area (Å²) in [5.74, 6) is -1.13. The summed E-state index contributed by atoms with van der Waals surface area (Å²) in [6.07, 6.45) is 6.75. The molecular weight excluding hydrogens is 544 g/mol. The fraction of sp³-hybridized carbons (Fsp3) is 0.412. The minimum atomic E-state index is -0.884. The monoisotopic (exact) mass is 582 g/mol. The fourth-order valence-electron chi connectivity index (χ4n) is 6.94. The van der Waals surface area contributed by atoms with Gasteiger partial charge >= 0.3 is 5.97 Å². The molecule has 3 aliphatic heterocycles. The number of likely N-dealkylation sites (tertiary alicyclic amines) is 1. The first-order chi connectivity index (χ1) is 20.9. The third kappa shape index (κ3) is 5.86. The van der Waals surface area contributed by atoms with Gasteiger partial charge in [0.1, 0.15) is 5.75 Å². The second kappa shape index (κ2) is 12.6. The van der Waals surface area contributed by atoms with Crippen LogP contribution in [0.15, 0.2) is 67.0 Å². The Morgan fingerprint density at radius 3 is 2.77 bits per heavy atom. The molecule has 3 aromatic rings. The molecule has 6 rings (SSSR count). The van der Waals surface area contributed by atoms with Gasteiger partial charge in [-0.3, -0.25) is 24.3 Å². The van der Waals surface area contributed by atoms with Gasteiger partial charge in [0.15, 0.2) is 0 Å². The van der Waals surface area contributed by atoms with Crippen molar-refractivity contribution in [1.29, 1.82) is 0 Å². The molecule has 3 aliphatic rings. The fourth-order valence-corrected chi connectivity index (χ4v) is 6.94. The van der Waals surface area contributed by atoms with Crippen LogP contribution < -0.4 is 14.5 Å². The van der Waals surface area contributed by atoms with Gasteiger partial charge in [-0.1, -0.05) is 43.7 Å². The van der Waals surface area contributed by atoms with E-state index in [1.54, 1.807) is 22.2 Å². The van der Waals surface area contributed by atoms with Crippen molar-refractivity contribution in [2.45, 2.75) is 51.0 Å². The summed E-state index contributed by atoms with van der Waals surface area (Å²) in [4.78, 5) is 49.7. The highest BCUT2D eigenvalue weighted by Crippen LogP contribution is 2.41. The number of fused-ring (bicyclic) bond motifs is 2. The number of carbonyl (C=O) groups is 3. The van der Waals surface area contributed by atoms with Crippen molar-refractivity contribution in [2.75, 3.05) is 42.6 Å². The van der Waals surface area contributed by atoms with Crippen LogP contribution in [0.25, 0.3) is 0 Å². The average Bonchev–Trinajstić information content (AvgIpc) is 3.71. The number of hydrogen-bond donors (Lipinski definition) is 1. The van der Waals surface area contributed by atoms with Crippen LogP contribution in [0.1, 0.15) is 48.8 Å². The van der Waals surface area contributed by atoms with Gasteiger partial charge in [-0.05, 0) is 53.8 Å². The quantitative estimate of drug-likeness (QED) is 0.360. The first-order valence-electron chi connectivity index (χ1n) is 15.3. The van der Waals surface area contributed by atoms with Crippen LogP contribution in [-0.2, 0) is 27.2 Å². The number of aromatic nitrogens is 1. The molecule has 0 saturated carbocycles. The molecule has 2 aromatic carbocycles. The maximum absolute atomic E-state index is 13.9. The Hall–Kier alpha value is -4.24. The molecule has 224 valence electrons. The van der Waals surface area contributed by atoms with Crippen LogP contribution >= 0.6 is 0 Å². The van der Waals surface area contributed by atoms with E-state index in [0.29, 0.717) is 39.1 Å². The predicted octanol–water partition coefficient (Wildman–Crippen LogP) is 4.30. The highest BCUT2D eigenvalue weighted by Gasteiger charge is 2.47. The second-order valence-electron chi connectivity index (χ2n) is 11.7. The third-order valence-corrected chi connectivity index (χ3v) is 9.08. The zero-order valence-corrected chi connectivity index (χ0v) is 24.5. The van der Waals surface area contributed by atoms with E-state index in [1.807, 2.05) is 53.4 Å². The molecule has 0 radical (unpaired) electrons. The molecule has 9 nitrogen and oxygen atoms in total. The van der Waals surface area contributed by atoms with Crippen molar-refractivity contribution < 1.29 is 24.2 Å². The summed E-state index contributed by atoms with van der Waals surface area (Å²) < 4.78 is 5.70. The second-order valence-corrected chi connectivity index (χ2v) is 11.7. The molecule has 9 heteroatoms. The Kier molecular flexibility index (Phi) is 8.42. The largest absolute Gasteiger partial charge is 0.493 e. The minimum absolute atomic E-state index is 0.0196. The van der Waals surface area contributed by atoms with Gasteiger partial charge in [-0.15, -0.1) is 0 Å². The number of amides is 2. The van der Waals surface area contributed by atoms with Crippen LogP contribution in [-0.4, -0.2) is 71.6 Å². The smallest absolute Gasteiger partial charge is 0.308 e. The summed E-state index contributed by atoms with van der Waals surface area (Å²) in [7, 11) is 0. The van der Waals surface area contributed by atoms with Crippen molar-refractivity contribution in [1.82, 2.24) is 9.88 Å². The molecule has 1 fully saturated rings. The summed E-state index contributed by atoms with van der Waals surface area (Å²) in [6.45, 7) is 4.19. The predicted molar refractivity (Wildman–Crippen MR) is 163 cm³/mol. The SMILES string of the molecule is CCCCN(C(=O)CN1C[C@H](c2ccc3c(c2)CCO3)C(C(=O)O)[C@@H]1CCN1C(=O)Cc2ccccc21)c1cccnc1. The van der Waals surface area contributed by atoms with E-state index in [0.717, 1.165) is 53.1 Å². The number of unbranched alkanes of at least 4 members (excludes halogenated alkanes) is 1. The van der Waals surface area contributed by atoms with Gasteiger partial charge in [-0.25, -0.2) is 0 Å². The minimum Gasteiger partial charge on any atom is -0.493 e. The standard InChI is InChI=1S/C34H38N4O5/c1-2-3-15-37(26-8-6-14-35-20-26)32(40)22-36-21-27(23-10-11-30-25(18-23)13-17-43-30)33(34(41)42)29(36)12-16-38-28-9-5-4-7-24(28)19-31(38)39/h4-11,14,18,20,27,29,33H,2-3,12-13,15-17,19,21-22H2,1H3,(H,41,42)/t27-,29+,33?/m1/s1. The van der Waals surface area contributed by atoms with Gasteiger partial charge in [0.25, 0.3) is 0 Å². The molecule has 1 saturated heterocycles. The zero-order chi connectivity index (χ0) is 29.9. The van der Waals surface area contributed by atoms with Crippen molar-refractivity contribution >= 4 is 29.2 Å². The molecule has 0 aliphatic carbocycles. The molecule has 1 N–H and O–H groups in total. The first kappa shape index (κ1) is 28.9. The maximum atomic E-state index is 13.9. The third-order valence-electron chi connectivity index (χ3n) is 9.08. The Labute approximate surface area is 252 Å². The molecule has 0 bridgehead atoms. The Morgan fingerprint density at radius 2 is 1.98 bits per heavy atom. The first-order valence-corrected chi connectivity index (χ1v) is 15.3. The molecule has 43 heavy (non-hydrogen) atoms. The average molecular weight is 583 g/mol. The summed E-state index contributed by atoms with van der Waals surface area (Å²) in [6, 6.07) is 17.0. The number of nitrogens with zero attached hydrogens (tertiary/aromatic N) is 4.